The summed E-state index contributed by atoms with van der Waals surface area (Å²) < 4.78 is 21.3. The van der Waals surface area contributed by atoms with Gasteiger partial charge in [0, 0.05) is 26.2 Å². The lowest BCUT2D eigenvalue weighted by atomic mass is 9.97. The Balaban J connectivity index is 1.57. The highest BCUT2D eigenvalue weighted by atomic mass is 32.2. The largest absolute Gasteiger partial charge is 0.454 e. The van der Waals surface area contributed by atoms with E-state index in [4.69, 9.17) is 18.9 Å². The standard InChI is InChI=1S/C24H40N2O8S/c1-23(2,3)33-21(29)25-11-7-17(8-12-25)19(27)31-15-35-16-32-20(28)18-9-13-26(14-10-18)22(30)34-24(4,5)6/h17-18H,7-16H2,1-6H3. The Bertz CT molecular complexity index is 684. The molecule has 0 radical (unpaired) electrons. The molecule has 2 rings (SSSR count). The van der Waals surface area contributed by atoms with Crippen LogP contribution in [0.4, 0.5) is 9.59 Å². The van der Waals surface area contributed by atoms with Crippen molar-refractivity contribution in [2.24, 2.45) is 11.8 Å². The van der Waals surface area contributed by atoms with E-state index in [1.165, 1.54) is 11.8 Å². The number of carbonyl (C=O) groups excluding carboxylic acids is 4. The molecular weight excluding hydrogens is 476 g/mol. The van der Waals surface area contributed by atoms with Crippen LogP contribution in [0.2, 0.25) is 0 Å². The van der Waals surface area contributed by atoms with E-state index in [0.717, 1.165) is 0 Å². The summed E-state index contributed by atoms with van der Waals surface area (Å²) in [6, 6.07) is 0. The quantitative estimate of drug-likeness (QED) is 0.224. The van der Waals surface area contributed by atoms with Crippen molar-refractivity contribution in [1.29, 1.82) is 0 Å². The van der Waals surface area contributed by atoms with E-state index in [2.05, 4.69) is 0 Å². The summed E-state index contributed by atoms with van der Waals surface area (Å²) in [6.45, 7) is 12.7. The first-order chi connectivity index (χ1) is 16.2. The van der Waals surface area contributed by atoms with Crippen molar-refractivity contribution in [2.45, 2.75) is 78.4 Å². The lowest BCUT2D eigenvalue weighted by Crippen LogP contribution is -2.43. The van der Waals surface area contributed by atoms with Gasteiger partial charge < -0.3 is 28.7 Å². The maximum absolute atomic E-state index is 12.3. The number of rotatable bonds is 6. The fourth-order valence-corrected chi connectivity index (χ4v) is 4.18. The average molecular weight is 517 g/mol. The van der Waals surface area contributed by atoms with Gasteiger partial charge in [-0.05, 0) is 67.2 Å². The van der Waals surface area contributed by atoms with E-state index >= 15 is 0 Å². The molecule has 0 saturated carbocycles. The molecule has 0 unspecified atom stereocenters. The van der Waals surface area contributed by atoms with Crippen LogP contribution < -0.4 is 0 Å². The zero-order valence-corrected chi connectivity index (χ0v) is 22.6. The molecule has 2 heterocycles. The highest BCUT2D eigenvalue weighted by Gasteiger charge is 2.32. The van der Waals surface area contributed by atoms with Crippen LogP contribution in [-0.2, 0) is 28.5 Å². The number of amides is 2. The zero-order chi connectivity index (χ0) is 26.2. The topological polar surface area (TPSA) is 112 Å². The van der Waals surface area contributed by atoms with E-state index in [-0.39, 0.29) is 47.8 Å². The first-order valence-corrected chi connectivity index (χ1v) is 13.3. The third-order valence-electron chi connectivity index (χ3n) is 5.53. The monoisotopic (exact) mass is 516 g/mol. The summed E-state index contributed by atoms with van der Waals surface area (Å²) in [7, 11) is 0. The van der Waals surface area contributed by atoms with E-state index in [9.17, 15) is 19.2 Å². The van der Waals surface area contributed by atoms with Gasteiger partial charge in [0.2, 0.25) is 0 Å². The van der Waals surface area contributed by atoms with Crippen LogP contribution in [0.1, 0.15) is 67.2 Å². The van der Waals surface area contributed by atoms with Gasteiger partial charge in [-0.15, -0.1) is 0 Å². The highest BCUT2D eigenvalue weighted by Crippen LogP contribution is 2.23. The van der Waals surface area contributed by atoms with Crippen LogP contribution in [0, 0.1) is 11.8 Å². The number of ether oxygens (including phenoxy) is 4. The molecule has 2 aliphatic rings. The average Bonchev–Trinajstić information content (AvgIpc) is 2.76. The first-order valence-electron chi connectivity index (χ1n) is 12.1. The van der Waals surface area contributed by atoms with Crippen molar-refractivity contribution in [3.8, 4) is 0 Å². The Kier molecular flexibility index (Phi) is 10.5. The predicted molar refractivity (Wildman–Crippen MR) is 131 cm³/mol. The van der Waals surface area contributed by atoms with Crippen molar-refractivity contribution in [1.82, 2.24) is 9.80 Å². The summed E-state index contributed by atoms with van der Waals surface area (Å²) in [5, 5.41) is 0. The number of piperidine rings is 2. The number of carbonyl (C=O) groups is 4. The van der Waals surface area contributed by atoms with Crippen molar-refractivity contribution in [3.05, 3.63) is 0 Å². The molecular formula is C24H40N2O8S. The fourth-order valence-electron chi connectivity index (χ4n) is 3.72. The number of hydrogen-bond donors (Lipinski definition) is 0. The van der Waals surface area contributed by atoms with E-state index in [0.29, 0.717) is 51.9 Å². The molecule has 200 valence electrons. The number of nitrogens with zero attached hydrogens (tertiary/aromatic N) is 2. The van der Waals surface area contributed by atoms with E-state index in [1.54, 1.807) is 9.80 Å². The summed E-state index contributed by atoms with van der Waals surface area (Å²) in [6.07, 6.45) is 1.38. The molecule has 0 spiro atoms. The lowest BCUT2D eigenvalue weighted by molar-refractivity contribution is -0.147. The summed E-state index contributed by atoms with van der Waals surface area (Å²) in [5.41, 5.74) is -1.10. The highest BCUT2D eigenvalue weighted by molar-refractivity contribution is 7.99. The predicted octanol–water partition coefficient (Wildman–Crippen LogP) is 4.02. The van der Waals surface area contributed by atoms with Gasteiger partial charge in [-0.25, -0.2) is 9.59 Å². The molecule has 2 saturated heterocycles. The van der Waals surface area contributed by atoms with Crippen LogP contribution in [0.25, 0.3) is 0 Å². The molecule has 0 N–H and O–H groups in total. The minimum atomic E-state index is -0.551. The molecule has 11 heteroatoms. The van der Waals surface area contributed by atoms with E-state index in [1.807, 2.05) is 41.5 Å². The van der Waals surface area contributed by atoms with Gasteiger partial charge in [0.1, 0.15) is 23.1 Å². The molecule has 0 aromatic carbocycles. The number of esters is 2. The van der Waals surface area contributed by atoms with Gasteiger partial charge in [0.25, 0.3) is 0 Å². The zero-order valence-electron chi connectivity index (χ0n) is 21.8. The van der Waals surface area contributed by atoms with Crippen molar-refractivity contribution < 1.29 is 38.1 Å². The Labute approximate surface area is 212 Å². The minimum Gasteiger partial charge on any atom is -0.454 e. The SMILES string of the molecule is CC(C)(C)OC(=O)N1CCC(C(=O)OCSCOC(=O)C2CCN(C(=O)OC(C)(C)C)CC2)CC1. The van der Waals surface area contributed by atoms with Crippen molar-refractivity contribution in [3.63, 3.8) is 0 Å². The number of likely N-dealkylation sites (tertiary alicyclic amines) is 2. The summed E-state index contributed by atoms with van der Waals surface area (Å²) in [5.74, 6) is -0.936. The Hall–Kier alpha value is -2.17. The van der Waals surface area contributed by atoms with Gasteiger partial charge in [-0.2, -0.15) is 0 Å². The van der Waals surface area contributed by atoms with Crippen LogP contribution >= 0.6 is 11.8 Å². The minimum absolute atomic E-state index is 0.0927. The molecule has 0 aromatic heterocycles. The molecule has 2 fully saturated rings. The molecule has 0 bridgehead atoms. The Morgan fingerprint density at radius 2 is 0.971 bits per heavy atom. The molecule has 0 atom stereocenters. The second-order valence-electron chi connectivity index (χ2n) is 10.8. The van der Waals surface area contributed by atoms with Crippen LogP contribution in [-0.4, -0.2) is 83.2 Å². The third kappa shape index (κ3) is 10.5. The lowest BCUT2D eigenvalue weighted by Gasteiger charge is -2.32. The first kappa shape index (κ1) is 29.1. The maximum atomic E-state index is 12.3. The summed E-state index contributed by atoms with van der Waals surface area (Å²) in [4.78, 5) is 52.1. The van der Waals surface area contributed by atoms with Crippen molar-refractivity contribution in [2.75, 3.05) is 38.1 Å². The molecule has 0 aromatic rings. The second kappa shape index (κ2) is 12.7. The van der Waals surface area contributed by atoms with Crippen LogP contribution in [0.15, 0.2) is 0 Å². The van der Waals surface area contributed by atoms with Gasteiger partial charge in [0.15, 0.2) is 0 Å². The van der Waals surface area contributed by atoms with Gasteiger partial charge in [-0.3, -0.25) is 9.59 Å². The smallest absolute Gasteiger partial charge is 0.410 e. The van der Waals surface area contributed by atoms with Gasteiger partial charge >= 0.3 is 24.1 Å². The summed E-state index contributed by atoms with van der Waals surface area (Å²) >= 11 is 1.21. The Morgan fingerprint density at radius 3 is 1.26 bits per heavy atom. The van der Waals surface area contributed by atoms with Gasteiger partial charge in [-0.1, -0.05) is 11.8 Å². The second-order valence-corrected chi connectivity index (χ2v) is 11.7. The maximum Gasteiger partial charge on any atom is 0.410 e. The number of thioether (sulfide) groups is 1. The van der Waals surface area contributed by atoms with Crippen molar-refractivity contribution >= 4 is 35.9 Å². The Morgan fingerprint density at radius 1 is 0.657 bits per heavy atom. The number of hydrogen-bond acceptors (Lipinski definition) is 9. The van der Waals surface area contributed by atoms with Crippen LogP contribution in [0.3, 0.4) is 0 Å². The molecule has 2 aliphatic heterocycles. The van der Waals surface area contributed by atoms with Gasteiger partial charge in [0.05, 0.1) is 11.8 Å². The van der Waals surface area contributed by atoms with Crippen LogP contribution in [0.5, 0.6) is 0 Å². The third-order valence-corrected chi connectivity index (χ3v) is 6.10. The fraction of sp³-hybridized carbons (Fsp3) is 0.833. The van der Waals surface area contributed by atoms with E-state index < -0.39 is 11.2 Å². The molecule has 10 nitrogen and oxygen atoms in total. The molecule has 35 heavy (non-hydrogen) atoms. The molecule has 2 amide bonds. The normalized spacial score (nSPS) is 18.1. The molecule has 0 aliphatic carbocycles.